The van der Waals surface area contributed by atoms with Gasteiger partial charge in [-0.1, -0.05) is 33.6 Å². The molecule has 5 unspecified atom stereocenters. The lowest BCUT2D eigenvalue weighted by Crippen LogP contribution is -2.47. The Bertz CT molecular complexity index is 502. The molecule has 1 fully saturated rings. The van der Waals surface area contributed by atoms with Crippen molar-refractivity contribution in [3.05, 3.63) is 0 Å². The largest absolute Gasteiger partial charge is 0.463 e. The van der Waals surface area contributed by atoms with E-state index in [4.69, 9.17) is 15.2 Å². The molecule has 1 aliphatic rings. The van der Waals surface area contributed by atoms with Crippen molar-refractivity contribution in [1.82, 2.24) is 4.72 Å². The van der Waals surface area contributed by atoms with Crippen LogP contribution < -0.4 is 10.5 Å². The number of nitrogens with one attached hydrogen (secondary N) is 1. The second kappa shape index (κ2) is 10.9. The van der Waals surface area contributed by atoms with Gasteiger partial charge in [0.25, 0.3) is 0 Å². The monoisotopic (exact) mass is 388 g/mol. The lowest BCUT2D eigenvalue weighted by Gasteiger charge is -2.43. The maximum Gasteiger partial charge on any atom is 0.302 e. The SMILES string of the molecule is CC(=O)OCC1OC(CC(=O)CCC[C@H](N)C(=O)NS)C(C)C(C)C1C. The van der Waals surface area contributed by atoms with Gasteiger partial charge in [-0.15, -0.1) is 0 Å². The third-order valence-corrected chi connectivity index (χ3v) is 5.70. The number of esters is 1. The Morgan fingerprint density at radius 1 is 1.15 bits per heavy atom. The lowest BCUT2D eigenvalue weighted by molar-refractivity contribution is -0.171. The summed E-state index contributed by atoms with van der Waals surface area (Å²) in [5, 5.41) is 0. The van der Waals surface area contributed by atoms with E-state index in [-0.39, 0.29) is 48.3 Å². The third-order valence-electron chi connectivity index (χ3n) is 5.48. The Kier molecular flexibility index (Phi) is 9.60. The number of ether oxygens (including phenoxy) is 2. The summed E-state index contributed by atoms with van der Waals surface area (Å²) < 4.78 is 13.4. The van der Waals surface area contributed by atoms with Gasteiger partial charge < -0.3 is 19.9 Å². The summed E-state index contributed by atoms with van der Waals surface area (Å²) in [6.45, 7) is 7.91. The molecule has 8 heteroatoms. The van der Waals surface area contributed by atoms with Crippen molar-refractivity contribution in [3.8, 4) is 0 Å². The van der Waals surface area contributed by atoms with Gasteiger partial charge in [-0.25, -0.2) is 0 Å². The fourth-order valence-electron chi connectivity index (χ4n) is 3.31. The minimum Gasteiger partial charge on any atom is -0.463 e. The van der Waals surface area contributed by atoms with Crippen LogP contribution in [0.25, 0.3) is 0 Å². The lowest BCUT2D eigenvalue weighted by atomic mass is 9.75. The smallest absolute Gasteiger partial charge is 0.302 e. The predicted octanol–water partition coefficient (Wildman–Crippen LogP) is 1.64. The van der Waals surface area contributed by atoms with Crippen molar-refractivity contribution < 1.29 is 23.9 Å². The highest BCUT2D eigenvalue weighted by molar-refractivity contribution is 7.78. The molecule has 3 N–H and O–H groups in total. The summed E-state index contributed by atoms with van der Waals surface area (Å²) in [5.74, 6) is 0.249. The van der Waals surface area contributed by atoms with Crippen LogP contribution in [0.15, 0.2) is 0 Å². The van der Waals surface area contributed by atoms with E-state index in [0.717, 1.165) is 0 Å². The molecule has 1 rings (SSSR count). The zero-order chi connectivity index (χ0) is 19.9. The van der Waals surface area contributed by atoms with Gasteiger partial charge >= 0.3 is 5.97 Å². The fraction of sp³-hybridized carbons (Fsp3) is 0.833. The topological polar surface area (TPSA) is 108 Å². The number of thiol groups is 1. The Labute approximate surface area is 161 Å². The Morgan fingerprint density at radius 3 is 2.35 bits per heavy atom. The van der Waals surface area contributed by atoms with Gasteiger partial charge in [0.1, 0.15) is 12.4 Å². The molecule has 1 saturated heterocycles. The van der Waals surface area contributed by atoms with Crippen molar-refractivity contribution in [1.29, 1.82) is 0 Å². The predicted molar refractivity (Wildman–Crippen MR) is 101 cm³/mol. The number of hydrogen-bond acceptors (Lipinski definition) is 7. The molecule has 0 saturated carbocycles. The average molecular weight is 389 g/mol. The van der Waals surface area contributed by atoms with Crippen LogP contribution >= 0.6 is 12.8 Å². The van der Waals surface area contributed by atoms with E-state index in [2.05, 4.69) is 38.3 Å². The Morgan fingerprint density at radius 2 is 1.77 bits per heavy atom. The molecule has 0 aromatic rings. The van der Waals surface area contributed by atoms with E-state index in [9.17, 15) is 14.4 Å². The summed E-state index contributed by atoms with van der Waals surface area (Å²) in [6, 6.07) is -0.654. The molecule has 7 nitrogen and oxygen atoms in total. The van der Waals surface area contributed by atoms with Crippen LogP contribution in [-0.4, -0.2) is 42.5 Å². The number of rotatable bonds is 9. The molecule has 0 aromatic carbocycles. The number of Topliss-reactive ketones (excluding diaryl/α,β-unsaturated/α-hetero) is 1. The number of amides is 1. The number of ketones is 1. The molecule has 26 heavy (non-hydrogen) atoms. The first kappa shape index (κ1) is 22.9. The minimum atomic E-state index is -0.654. The first-order chi connectivity index (χ1) is 12.2. The van der Waals surface area contributed by atoms with E-state index in [1.54, 1.807) is 0 Å². The second-order valence-corrected chi connectivity index (χ2v) is 7.53. The first-order valence-electron chi connectivity index (χ1n) is 9.17. The second-order valence-electron chi connectivity index (χ2n) is 7.31. The van der Waals surface area contributed by atoms with Gasteiger partial charge in [0.15, 0.2) is 0 Å². The molecule has 1 amide bonds. The zero-order valence-corrected chi connectivity index (χ0v) is 17.0. The summed E-state index contributed by atoms with van der Waals surface area (Å²) in [4.78, 5) is 34.7. The molecule has 6 atom stereocenters. The molecule has 0 bridgehead atoms. The number of carbonyl (C=O) groups excluding carboxylic acids is 3. The van der Waals surface area contributed by atoms with Crippen molar-refractivity contribution >= 4 is 30.5 Å². The van der Waals surface area contributed by atoms with Crippen molar-refractivity contribution in [2.45, 2.75) is 71.6 Å². The highest BCUT2D eigenvalue weighted by atomic mass is 32.1. The van der Waals surface area contributed by atoms with Crippen LogP contribution in [0.1, 0.15) is 53.4 Å². The highest BCUT2D eigenvalue weighted by Crippen LogP contribution is 2.36. The van der Waals surface area contributed by atoms with Crippen LogP contribution in [0.4, 0.5) is 0 Å². The zero-order valence-electron chi connectivity index (χ0n) is 16.1. The van der Waals surface area contributed by atoms with E-state index < -0.39 is 6.04 Å². The molecular weight excluding hydrogens is 356 g/mol. The van der Waals surface area contributed by atoms with Gasteiger partial charge in [-0.3, -0.25) is 14.4 Å². The molecule has 1 heterocycles. The molecule has 0 radical (unpaired) electrons. The maximum atomic E-state index is 12.3. The van der Waals surface area contributed by atoms with Crippen molar-refractivity contribution in [2.75, 3.05) is 6.61 Å². The van der Waals surface area contributed by atoms with Gasteiger partial charge in [0.2, 0.25) is 5.91 Å². The van der Waals surface area contributed by atoms with Crippen molar-refractivity contribution in [3.63, 3.8) is 0 Å². The number of carbonyl (C=O) groups is 3. The van der Waals surface area contributed by atoms with Crippen LogP contribution in [0, 0.1) is 17.8 Å². The summed E-state index contributed by atoms with van der Waals surface area (Å²) in [6.07, 6.45) is 1.27. The first-order valence-corrected chi connectivity index (χ1v) is 9.62. The molecule has 150 valence electrons. The van der Waals surface area contributed by atoms with Crippen LogP contribution in [0.2, 0.25) is 0 Å². The minimum absolute atomic E-state index is 0.0910. The Balaban J connectivity index is 2.51. The third kappa shape index (κ3) is 6.89. The average Bonchev–Trinajstić information content (AvgIpc) is 2.60. The van der Waals surface area contributed by atoms with E-state index in [0.29, 0.717) is 31.6 Å². The van der Waals surface area contributed by atoms with Crippen molar-refractivity contribution in [2.24, 2.45) is 23.5 Å². The van der Waals surface area contributed by atoms with Gasteiger partial charge in [-0.2, -0.15) is 0 Å². The van der Waals surface area contributed by atoms with E-state index >= 15 is 0 Å². The normalized spacial score (nSPS) is 29.7. The molecule has 0 aliphatic carbocycles. The molecule has 0 aromatic heterocycles. The molecule has 1 aliphatic heterocycles. The summed E-state index contributed by atoms with van der Waals surface area (Å²) in [7, 11) is 0. The van der Waals surface area contributed by atoms with E-state index in [1.165, 1.54) is 6.92 Å². The molecule has 0 spiro atoms. The highest BCUT2D eigenvalue weighted by Gasteiger charge is 2.40. The number of nitrogens with two attached hydrogens (primary N) is 1. The maximum absolute atomic E-state index is 12.3. The van der Waals surface area contributed by atoms with Crippen LogP contribution in [0.5, 0.6) is 0 Å². The summed E-state index contributed by atoms with van der Waals surface area (Å²) in [5.41, 5.74) is 5.69. The number of hydrogen-bond donors (Lipinski definition) is 3. The van der Waals surface area contributed by atoms with Crippen LogP contribution in [-0.2, 0) is 23.9 Å². The van der Waals surface area contributed by atoms with E-state index in [1.807, 2.05) is 0 Å². The van der Waals surface area contributed by atoms with Gasteiger partial charge in [-0.05, 0) is 30.6 Å². The standard InChI is InChI=1S/C18H32N2O5S/c1-10-11(2)16(25-17(12(10)3)9-24-13(4)21)8-14(22)6-5-7-15(19)18(23)20-26/h10-12,15-17,26H,5-9,19H2,1-4H3,(H,20,23)/t10?,11?,12?,15-,16?,17?/m0/s1. The van der Waals surface area contributed by atoms with Crippen LogP contribution in [0.3, 0.4) is 0 Å². The Hall–Kier alpha value is -1.12. The summed E-state index contributed by atoms with van der Waals surface area (Å²) >= 11 is 3.67. The quantitative estimate of drug-likeness (QED) is 0.409. The molecular formula is C18H32N2O5S. The van der Waals surface area contributed by atoms with Gasteiger partial charge in [0, 0.05) is 19.8 Å². The fourth-order valence-corrected chi connectivity index (χ4v) is 3.48. The van der Waals surface area contributed by atoms with Gasteiger partial charge in [0.05, 0.1) is 18.2 Å².